The minimum Gasteiger partial charge on any atom is -0.396 e. The molecule has 0 radical (unpaired) electrons. The lowest BCUT2D eigenvalue weighted by molar-refractivity contribution is 0.216. The predicted molar refractivity (Wildman–Crippen MR) is 76.7 cm³/mol. The molecular formula is C13H20N6O. The summed E-state index contributed by atoms with van der Waals surface area (Å²) in [5, 5.41) is 14.2. The van der Waals surface area contributed by atoms with E-state index in [1.54, 1.807) is 11.0 Å². The van der Waals surface area contributed by atoms with Crippen LogP contribution in [-0.4, -0.2) is 69.1 Å². The second kappa shape index (κ2) is 5.72. The van der Waals surface area contributed by atoms with Crippen LogP contribution in [0, 0.1) is 0 Å². The molecule has 108 valence electrons. The fourth-order valence-electron chi connectivity index (χ4n) is 2.68. The molecule has 2 aromatic heterocycles. The Bertz CT molecular complexity index is 575. The van der Waals surface area contributed by atoms with E-state index < -0.39 is 0 Å². The van der Waals surface area contributed by atoms with Crippen LogP contribution in [-0.2, 0) is 7.05 Å². The maximum absolute atomic E-state index is 8.88. The van der Waals surface area contributed by atoms with Gasteiger partial charge in [0.15, 0.2) is 5.65 Å². The van der Waals surface area contributed by atoms with E-state index in [2.05, 4.69) is 24.9 Å². The van der Waals surface area contributed by atoms with E-state index in [4.69, 9.17) is 5.11 Å². The Labute approximate surface area is 117 Å². The summed E-state index contributed by atoms with van der Waals surface area (Å²) in [4.78, 5) is 13.4. The van der Waals surface area contributed by atoms with Crippen LogP contribution in [0.5, 0.6) is 0 Å². The number of anilines is 1. The fraction of sp³-hybridized carbons (Fsp3) is 0.615. The maximum atomic E-state index is 8.88. The number of fused-ring (bicyclic) bond motifs is 1. The molecule has 3 heterocycles. The van der Waals surface area contributed by atoms with E-state index in [1.165, 1.54) is 0 Å². The Morgan fingerprint density at radius 2 is 2.00 bits per heavy atom. The molecule has 1 N–H and O–H groups in total. The van der Waals surface area contributed by atoms with E-state index in [0.717, 1.165) is 56.0 Å². The zero-order valence-corrected chi connectivity index (χ0v) is 11.7. The molecule has 0 atom stereocenters. The first-order chi connectivity index (χ1) is 9.79. The topological polar surface area (TPSA) is 70.3 Å². The quantitative estimate of drug-likeness (QED) is 0.839. The van der Waals surface area contributed by atoms with Gasteiger partial charge in [0.1, 0.15) is 12.1 Å². The molecule has 1 fully saturated rings. The molecule has 7 nitrogen and oxygen atoms in total. The van der Waals surface area contributed by atoms with Crippen molar-refractivity contribution in [3.63, 3.8) is 0 Å². The van der Waals surface area contributed by atoms with Crippen molar-refractivity contribution >= 4 is 16.9 Å². The lowest BCUT2D eigenvalue weighted by Crippen LogP contribution is -2.47. The molecule has 0 amide bonds. The van der Waals surface area contributed by atoms with Crippen molar-refractivity contribution in [1.29, 1.82) is 0 Å². The molecule has 0 unspecified atom stereocenters. The Kier molecular flexibility index (Phi) is 3.79. The Balaban J connectivity index is 1.73. The molecule has 0 saturated carbocycles. The molecule has 0 spiro atoms. The number of aliphatic hydroxyl groups excluding tert-OH is 1. The van der Waals surface area contributed by atoms with Crippen molar-refractivity contribution in [1.82, 2.24) is 24.6 Å². The van der Waals surface area contributed by atoms with Crippen LogP contribution >= 0.6 is 0 Å². The first-order valence-electron chi connectivity index (χ1n) is 7.00. The van der Waals surface area contributed by atoms with Gasteiger partial charge >= 0.3 is 0 Å². The second-order valence-electron chi connectivity index (χ2n) is 5.11. The molecule has 2 aromatic rings. The number of aromatic nitrogens is 4. The van der Waals surface area contributed by atoms with Crippen LogP contribution in [0.4, 0.5) is 5.82 Å². The van der Waals surface area contributed by atoms with Gasteiger partial charge in [-0.2, -0.15) is 5.10 Å². The number of aliphatic hydroxyl groups is 1. The summed E-state index contributed by atoms with van der Waals surface area (Å²) in [5.41, 5.74) is 0.873. The standard InChI is InChI=1S/C13H20N6O/c1-17-12-11(9-16-17)13(15-10-14-12)19-6-4-18(5-7-19)3-2-8-20/h9-10,20H,2-8H2,1H3. The molecule has 20 heavy (non-hydrogen) atoms. The van der Waals surface area contributed by atoms with Crippen molar-refractivity contribution in [3.8, 4) is 0 Å². The third-order valence-electron chi connectivity index (χ3n) is 3.81. The number of hydrogen-bond acceptors (Lipinski definition) is 6. The minimum atomic E-state index is 0.266. The largest absolute Gasteiger partial charge is 0.396 e. The number of nitrogens with zero attached hydrogens (tertiary/aromatic N) is 6. The predicted octanol–water partition coefficient (Wildman–Crippen LogP) is -0.132. The highest BCUT2D eigenvalue weighted by Crippen LogP contribution is 2.23. The van der Waals surface area contributed by atoms with Gasteiger partial charge in [0.05, 0.1) is 11.6 Å². The number of hydrogen-bond donors (Lipinski definition) is 1. The summed E-state index contributed by atoms with van der Waals surface area (Å²) in [7, 11) is 1.89. The zero-order chi connectivity index (χ0) is 13.9. The van der Waals surface area contributed by atoms with Crippen molar-refractivity contribution in [2.75, 3.05) is 44.2 Å². The van der Waals surface area contributed by atoms with Crippen molar-refractivity contribution in [2.24, 2.45) is 7.05 Å². The molecule has 0 bridgehead atoms. The van der Waals surface area contributed by atoms with Crippen molar-refractivity contribution < 1.29 is 5.11 Å². The van der Waals surface area contributed by atoms with Crippen LogP contribution in [0.25, 0.3) is 11.0 Å². The molecule has 7 heteroatoms. The molecule has 1 saturated heterocycles. The summed E-state index contributed by atoms with van der Waals surface area (Å²) in [6.45, 7) is 5.15. The summed E-state index contributed by atoms with van der Waals surface area (Å²) in [6.07, 6.45) is 4.29. The van der Waals surface area contributed by atoms with Gasteiger partial charge in [-0.1, -0.05) is 0 Å². The fourth-order valence-corrected chi connectivity index (χ4v) is 2.68. The lowest BCUT2D eigenvalue weighted by Gasteiger charge is -2.35. The van der Waals surface area contributed by atoms with E-state index in [9.17, 15) is 0 Å². The number of piperazine rings is 1. The highest BCUT2D eigenvalue weighted by molar-refractivity contribution is 5.86. The van der Waals surface area contributed by atoms with Gasteiger partial charge in [0.25, 0.3) is 0 Å². The molecule has 0 aliphatic carbocycles. The summed E-state index contributed by atoms with van der Waals surface area (Å²) < 4.78 is 1.78. The van der Waals surface area contributed by atoms with E-state index in [0.29, 0.717) is 0 Å². The second-order valence-corrected chi connectivity index (χ2v) is 5.11. The first-order valence-corrected chi connectivity index (χ1v) is 7.00. The van der Waals surface area contributed by atoms with Gasteiger partial charge in [-0.05, 0) is 6.42 Å². The molecule has 0 aromatic carbocycles. The normalized spacial score (nSPS) is 17.0. The van der Waals surface area contributed by atoms with E-state index in [1.807, 2.05) is 13.2 Å². The van der Waals surface area contributed by atoms with Gasteiger partial charge in [-0.3, -0.25) is 9.58 Å². The number of aryl methyl sites for hydroxylation is 1. The summed E-state index contributed by atoms with van der Waals surface area (Å²) >= 11 is 0. The molecule has 1 aliphatic heterocycles. The summed E-state index contributed by atoms with van der Waals surface area (Å²) in [5.74, 6) is 0.977. The highest BCUT2D eigenvalue weighted by atomic mass is 16.3. The molecular weight excluding hydrogens is 256 g/mol. The number of rotatable bonds is 4. The van der Waals surface area contributed by atoms with Crippen LogP contribution in [0.2, 0.25) is 0 Å². The van der Waals surface area contributed by atoms with Gasteiger partial charge in [0, 0.05) is 46.4 Å². The third kappa shape index (κ3) is 2.46. The monoisotopic (exact) mass is 276 g/mol. The van der Waals surface area contributed by atoms with Crippen LogP contribution in [0.15, 0.2) is 12.5 Å². The minimum absolute atomic E-state index is 0.266. The van der Waals surface area contributed by atoms with E-state index >= 15 is 0 Å². The summed E-state index contributed by atoms with van der Waals surface area (Å²) in [6, 6.07) is 0. The van der Waals surface area contributed by atoms with Gasteiger partial charge in [-0.25, -0.2) is 9.97 Å². The highest BCUT2D eigenvalue weighted by Gasteiger charge is 2.20. The molecule has 3 rings (SSSR count). The smallest absolute Gasteiger partial charge is 0.163 e. The van der Waals surface area contributed by atoms with Crippen LogP contribution in [0.1, 0.15) is 6.42 Å². The van der Waals surface area contributed by atoms with Crippen molar-refractivity contribution in [2.45, 2.75) is 6.42 Å². The Morgan fingerprint density at radius 3 is 2.75 bits per heavy atom. The van der Waals surface area contributed by atoms with Crippen LogP contribution < -0.4 is 4.90 Å². The first kappa shape index (κ1) is 13.3. The Morgan fingerprint density at radius 1 is 1.20 bits per heavy atom. The Hall–Kier alpha value is -1.73. The third-order valence-corrected chi connectivity index (χ3v) is 3.81. The van der Waals surface area contributed by atoms with Gasteiger partial charge in [-0.15, -0.1) is 0 Å². The lowest BCUT2D eigenvalue weighted by atomic mass is 10.2. The van der Waals surface area contributed by atoms with E-state index in [-0.39, 0.29) is 6.61 Å². The van der Waals surface area contributed by atoms with Crippen LogP contribution in [0.3, 0.4) is 0 Å². The molecule has 1 aliphatic rings. The van der Waals surface area contributed by atoms with Gasteiger partial charge in [0.2, 0.25) is 0 Å². The van der Waals surface area contributed by atoms with Gasteiger partial charge < -0.3 is 10.0 Å². The zero-order valence-electron chi connectivity index (χ0n) is 11.7. The maximum Gasteiger partial charge on any atom is 0.163 e. The SMILES string of the molecule is Cn1ncc2c(N3CCN(CCCO)CC3)ncnc21. The average molecular weight is 276 g/mol. The van der Waals surface area contributed by atoms with Crippen molar-refractivity contribution in [3.05, 3.63) is 12.5 Å². The average Bonchev–Trinajstić information content (AvgIpc) is 2.87.